The number of ketones is 1. The minimum Gasteiger partial charge on any atom is -0.299 e. The van der Waals surface area contributed by atoms with Gasteiger partial charge in [0.15, 0.2) is 0 Å². The Kier molecular flexibility index (Phi) is 4.66. The molecule has 1 heteroatoms. The molecule has 0 aromatic rings. The molecule has 31 heavy (non-hydrogen) atoms. The van der Waals surface area contributed by atoms with E-state index in [1.165, 1.54) is 51.4 Å². The summed E-state index contributed by atoms with van der Waals surface area (Å²) in [5.74, 6) is 3.67. The van der Waals surface area contributed by atoms with Crippen LogP contribution < -0.4 is 0 Å². The quantitative estimate of drug-likeness (QED) is 0.386. The molecule has 0 unspecified atom stereocenters. The highest BCUT2D eigenvalue weighted by atomic mass is 16.1. The fourth-order valence-corrected chi connectivity index (χ4v) is 11.0. The first-order chi connectivity index (χ1) is 14.3. The van der Waals surface area contributed by atoms with Crippen molar-refractivity contribution in [1.82, 2.24) is 0 Å². The van der Waals surface area contributed by atoms with Crippen LogP contribution in [0.5, 0.6) is 0 Å². The van der Waals surface area contributed by atoms with Crippen molar-refractivity contribution in [1.29, 1.82) is 0 Å². The number of carbonyl (C=O) groups excluding carboxylic acids is 1. The second-order valence-electron chi connectivity index (χ2n) is 14.3. The Balaban J connectivity index is 1.58. The van der Waals surface area contributed by atoms with Gasteiger partial charge in [0, 0.05) is 11.8 Å². The normalized spacial score (nSPS) is 51.3. The summed E-state index contributed by atoms with van der Waals surface area (Å²) < 4.78 is 0. The van der Waals surface area contributed by atoms with Crippen molar-refractivity contribution >= 4 is 5.78 Å². The first-order valence-electron chi connectivity index (χ1n) is 13.6. The largest absolute Gasteiger partial charge is 0.299 e. The average Bonchev–Trinajstić information content (AvgIpc) is 3.05. The van der Waals surface area contributed by atoms with Crippen LogP contribution in [0.25, 0.3) is 0 Å². The maximum absolute atomic E-state index is 12.8. The standard InChI is InChI=1S/C30H48O/c1-19(2)20-9-12-24-28(20,6)17-18-29(7)22-10-11-23-26(3,4)25(31)14-15-27(23,5)21(22)13-16-30(24,29)8/h19-20,23-24H,9-18H2,1-8H3/t20-,23+,24-,27-,28-,29-,30+/m1/s1. The summed E-state index contributed by atoms with van der Waals surface area (Å²) in [5.41, 5.74) is 5.18. The van der Waals surface area contributed by atoms with Crippen molar-refractivity contribution in [3.8, 4) is 0 Å². The number of rotatable bonds is 1. The van der Waals surface area contributed by atoms with Gasteiger partial charge in [-0.05, 0) is 103 Å². The Labute approximate surface area is 192 Å². The van der Waals surface area contributed by atoms with Gasteiger partial charge in [0.1, 0.15) is 5.78 Å². The first kappa shape index (κ1) is 22.2. The van der Waals surface area contributed by atoms with Gasteiger partial charge in [-0.15, -0.1) is 0 Å². The van der Waals surface area contributed by atoms with Crippen LogP contribution in [0, 0.1) is 50.7 Å². The van der Waals surface area contributed by atoms with Gasteiger partial charge in [0.2, 0.25) is 0 Å². The molecular formula is C30H48O. The molecular weight excluding hydrogens is 376 g/mol. The van der Waals surface area contributed by atoms with E-state index in [4.69, 9.17) is 0 Å². The predicted molar refractivity (Wildman–Crippen MR) is 130 cm³/mol. The Bertz CT molecular complexity index is 831. The molecule has 0 heterocycles. The Morgan fingerprint density at radius 2 is 1.45 bits per heavy atom. The molecule has 3 saturated carbocycles. The lowest BCUT2D eigenvalue weighted by Crippen LogP contribution is -2.59. The van der Waals surface area contributed by atoms with Crippen LogP contribution in [0.1, 0.15) is 120 Å². The lowest BCUT2D eigenvalue weighted by Gasteiger charge is -2.67. The van der Waals surface area contributed by atoms with Crippen LogP contribution >= 0.6 is 0 Å². The molecule has 5 aliphatic carbocycles. The van der Waals surface area contributed by atoms with E-state index in [-0.39, 0.29) is 10.8 Å². The van der Waals surface area contributed by atoms with Gasteiger partial charge < -0.3 is 0 Å². The van der Waals surface area contributed by atoms with Gasteiger partial charge in [0.05, 0.1) is 0 Å². The maximum atomic E-state index is 12.8. The minimum atomic E-state index is -0.145. The molecule has 0 aromatic heterocycles. The molecule has 0 amide bonds. The van der Waals surface area contributed by atoms with Gasteiger partial charge in [-0.1, -0.05) is 66.5 Å². The zero-order valence-electron chi connectivity index (χ0n) is 21.8. The fraction of sp³-hybridized carbons (Fsp3) is 0.900. The summed E-state index contributed by atoms with van der Waals surface area (Å²) in [4.78, 5) is 12.8. The molecule has 174 valence electrons. The molecule has 0 saturated heterocycles. The molecule has 5 rings (SSSR count). The van der Waals surface area contributed by atoms with E-state index >= 15 is 0 Å². The van der Waals surface area contributed by atoms with Crippen LogP contribution in [-0.2, 0) is 4.79 Å². The van der Waals surface area contributed by atoms with Crippen LogP contribution in [-0.4, -0.2) is 5.78 Å². The van der Waals surface area contributed by atoms with E-state index in [0.29, 0.717) is 27.9 Å². The number of allylic oxidation sites excluding steroid dienone is 2. The SMILES string of the molecule is CC(C)[C@H]1CC[C@@H]2[C@]1(C)CC[C@]1(C)C3=C(CC[C@@]21C)[C@@]1(C)CCC(=O)C(C)(C)[C@@H]1CC3. The summed E-state index contributed by atoms with van der Waals surface area (Å²) in [7, 11) is 0. The van der Waals surface area contributed by atoms with Crippen LogP contribution in [0.4, 0.5) is 0 Å². The number of hydrogen-bond donors (Lipinski definition) is 0. The first-order valence-corrected chi connectivity index (χ1v) is 13.6. The third kappa shape index (κ3) is 2.53. The Morgan fingerprint density at radius 3 is 2.13 bits per heavy atom. The smallest absolute Gasteiger partial charge is 0.138 e. The van der Waals surface area contributed by atoms with Crippen molar-refractivity contribution in [2.24, 2.45) is 50.7 Å². The van der Waals surface area contributed by atoms with Crippen LogP contribution in [0.2, 0.25) is 0 Å². The summed E-state index contributed by atoms with van der Waals surface area (Å²) in [6, 6.07) is 0. The second-order valence-corrected chi connectivity index (χ2v) is 14.3. The Hall–Kier alpha value is -0.590. The minimum absolute atomic E-state index is 0.145. The highest BCUT2D eigenvalue weighted by molar-refractivity contribution is 5.85. The highest BCUT2D eigenvalue weighted by Gasteiger charge is 2.67. The number of fused-ring (bicyclic) bond motifs is 6. The summed E-state index contributed by atoms with van der Waals surface area (Å²) in [6.45, 7) is 20.1. The summed E-state index contributed by atoms with van der Waals surface area (Å²) in [5, 5.41) is 0. The van der Waals surface area contributed by atoms with Crippen molar-refractivity contribution in [3.05, 3.63) is 11.1 Å². The molecule has 0 aliphatic heterocycles. The third-order valence-electron chi connectivity index (χ3n) is 12.9. The molecule has 7 atom stereocenters. The summed E-state index contributed by atoms with van der Waals surface area (Å²) in [6.07, 6.45) is 12.8. The van der Waals surface area contributed by atoms with Gasteiger partial charge in [0.25, 0.3) is 0 Å². The number of Topliss-reactive ketones (excluding diaryl/α,β-unsaturated/α-hetero) is 1. The molecule has 0 bridgehead atoms. The molecule has 0 spiro atoms. The average molecular weight is 425 g/mol. The van der Waals surface area contributed by atoms with Crippen molar-refractivity contribution in [2.75, 3.05) is 0 Å². The van der Waals surface area contributed by atoms with Gasteiger partial charge in [-0.25, -0.2) is 0 Å². The molecule has 0 N–H and O–H groups in total. The molecule has 0 radical (unpaired) electrons. The van der Waals surface area contributed by atoms with E-state index in [9.17, 15) is 4.79 Å². The third-order valence-corrected chi connectivity index (χ3v) is 12.9. The van der Waals surface area contributed by atoms with E-state index in [2.05, 4.69) is 55.4 Å². The topological polar surface area (TPSA) is 17.1 Å². The second kappa shape index (κ2) is 6.50. The summed E-state index contributed by atoms with van der Waals surface area (Å²) >= 11 is 0. The zero-order chi connectivity index (χ0) is 22.6. The van der Waals surface area contributed by atoms with E-state index < -0.39 is 0 Å². The van der Waals surface area contributed by atoms with E-state index in [1.807, 2.05) is 11.1 Å². The Morgan fingerprint density at radius 1 is 0.742 bits per heavy atom. The molecule has 1 nitrogen and oxygen atoms in total. The van der Waals surface area contributed by atoms with E-state index in [1.54, 1.807) is 0 Å². The van der Waals surface area contributed by atoms with Crippen LogP contribution in [0.15, 0.2) is 11.1 Å². The van der Waals surface area contributed by atoms with Crippen molar-refractivity contribution in [3.63, 3.8) is 0 Å². The van der Waals surface area contributed by atoms with E-state index in [0.717, 1.165) is 30.6 Å². The maximum Gasteiger partial charge on any atom is 0.138 e. The van der Waals surface area contributed by atoms with Gasteiger partial charge in [-0.3, -0.25) is 4.79 Å². The highest BCUT2D eigenvalue weighted by Crippen LogP contribution is 2.75. The van der Waals surface area contributed by atoms with Gasteiger partial charge in [-0.2, -0.15) is 0 Å². The monoisotopic (exact) mass is 424 g/mol. The zero-order valence-corrected chi connectivity index (χ0v) is 21.8. The van der Waals surface area contributed by atoms with Crippen LogP contribution in [0.3, 0.4) is 0 Å². The molecule has 3 fully saturated rings. The van der Waals surface area contributed by atoms with Crippen molar-refractivity contribution < 1.29 is 4.79 Å². The van der Waals surface area contributed by atoms with Gasteiger partial charge >= 0.3 is 0 Å². The lowest BCUT2D eigenvalue weighted by atomic mass is 9.37. The lowest BCUT2D eigenvalue weighted by molar-refractivity contribution is -0.142. The predicted octanol–water partition coefficient (Wildman–Crippen LogP) is 8.38. The fourth-order valence-electron chi connectivity index (χ4n) is 11.0. The number of carbonyl (C=O) groups is 1. The molecule has 5 aliphatic rings. The number of hydrogen-bond acceptors (Lipinski definition) is 1. The van der Waals surface area contributed by atoms with Crippen molar-refractivity contribution in [2.45, 2.75) is 120 Å². The molecule has 0 aromatic carbocycles.